The lowest BCUT2D eigenvalue weighted by Gasteiger charge is -2.05. The van der Waals surface area contributed by atoms with Crippen molar-refractivity contribution in [2.24, 2.45) is 9.98 Å². The maximum atomic E-state index is 10.7. The van der Waals surface area contributed by atoms with Crippen molar-refractivity contribution in [1.29, 1.82) is 0 Å². The Morgan fingerprint density at radius 2 is 1.88 bits per heavy atom. The smallest absolute Gasteiger partial charge is 0.329 e. The van der Waals surface area contributed by atoms with Gasteiger partial charge < -0.3 is 5.11 Å². The van der Waals surface area contributed by atoms with E-state index in [9.17, 15) is 14.4 Å². The van der Waals surface area contributed by atoms with Crippen molar-refractivity contribution < 1.29 is 19.5 Å². The Balaban J connectivity index is 2.83. The summed E-state index contributed by atoms with van der Waals surface area (Å²) in [6, 6.07) is 5.15. The van der Waals surface area contributed by atoms with Crippen molar-refractivity contribution in [3.05, 3.63) is 29.8 Å². The van der Waals surface area contributed by atoms with Crippen LogP contribution in [0.5, 0.6) is 0 Å². The van der Waals surface area contributed by atoms with Crippen LogP contribution >= 0.6 is 0 Å². The van der Waals surface area contributed by atoms with Crippen LogP contribution < -0.4 is 0 Å². The molecule has 0 aliphatic rings. The molecule has 86 valence electrons. The highest BCUT2D eigenvalue weighted by atomic mass is 16.4. The fraction of sp³-hybridized carbons (Fsp3) is 0.182. The molecule has 1 rings (SSSR count). The average molecular weight is 232 g/mol. The van der Waals surface area contributed by atoms with Crippen LogP contribution in [0.15, 0.2) is 34.3 Å². The summed E-state index contributed by atoms with van der Waals surface area (Å²) in [4.78, 5) is 37.3. The van der Waals surface area contributed by atoms with Crippen molar-refractivity contribution >= 4 is 23.8 Å². The summed E-state index contributed by atoms with van der Waals surface area (Å²) >= 11 is 0. The minimum Gasteiger partial charge on any atom is -0.480 e. The molecule has 0 saturated carbocycles. The van der Waals surface area contributed by atoms with Gasteiger partial charge in [-0.05, 0) is 17.7 Å². The molecule has 0 saturated heterocycles. The Hall–Kier alpha value is -2.55. The molecule has 6 heteroatoms. The molecular weight excluding hydrogens is 224 g/mol. The second kappa shape index (κ2) is 6.12. The van der Waals surface area contributed by atoms with Gasteiger partial charge in [-0.15, -0.1) is 0 Å². The van der Waals surface area contributed by atoms with Gasteiger partial charge in [0.05, 0.1) is 5.69 Å². The van der Waals surface area contributed by atoms with E-state index < -0.39 is 12.0 Å². The van der Waals surface area contributed by atoms with Crippen molar-refractivity contribution in [1.82, 2.24) is 0 Å². The van der Waals surface area contributed by atoms with Crippen molar-refractivity contribution in [2.75, 3.05) is 0 Å². The molecule has 0 spiro atoms. The molecule has 0 aliphatic heterocycles. The number of aliphatic carboxylic acids is 1. The Bertz CT molecular complexity index is 495. The molecule has 1 atom stereocenters. The van der Waals surface area contributed by atoms with Crippen LogP contribution in [-0.4, -0.2) is 29.3 Å². The third kappa shape index (κ3) is 3.83. The molecule has 1 aromatic carbocycles. The Kier molecular flexibility index (Phi) is 4.51. The van der Waals surface area contributed by atoms with Gasteiger partial charge in [-0.3, -0.25) is 0 Å². The van der Waals surface area contributed by atoms with E-state index in [0.717, 1.165) is 0 Å². The molecule has 0 aliphatic carbocycles. The minimum atomic E-state index is -1.19. The number of isocyanates is 2. The standard InChI is InChI=1S/C11H8N2O4/c14-6-12-9-3-1-8(2-4-9)5-10(11(16)17)13-7-15/h1-4,10H,5H2,(H,16,17). The van der Waals surface area contributed by atoms with Crippen LogP contribution in [-0.2, 0) is 20.8 Å². The molecule has 0 amide bonds. The van der Waals surface area contributed by atoms with Crippen LogP contribution in [0.3, 0.4) is 0 Å². The second-order valence-corrected chi connectivity index (χ2v) is 3.15. The Labute approximate surface area is 96.3 Å². The Morgan fingerprint density at radius 3 is 2.35 bits per heavy atom. The lowest BCUT2D eigenvalue weighted by molar-refractivity contribution is -0.138. The molecular formula is C11H8N2O4. The largest absolute Gasteiger partial charge is 0.480 e. The first-order valence-electron chi connectivity index (χ1n) is 4.64. The predicted octanol–water partition coefficient (Wildman–Crippen LogP) is 0.985. The topological polar surface area (TPSA) is 96.2 Å². The summed E-state index contributed by atoms with van der Waals surface area (Å²) in [5, 5.41) is 8.76. The van der Waals surface area contributed by atoms with Crippen LogP contribution in [0, 0.1) is 0 Å². The third-order valence-electron chi connectivity index (χ3n) is 2.03. The quantitative estimate of drug-likeness (QED) is 0.604. The number of benzene rings is 1. The van der Waals surface area contributed by atoms with Gasteiger partial charge >= 0.3 is 5.97 Å². The van der Waals surface area contributed by atoms with Gasteiger partial charge in [0.2, 0.25) is 12.2 Å². The van der Waals surface area contributed by atoms with E-state index in [1.165, 1.54) is 12.2 Å². The highest BCUT2D eigenvalue weighted by molar-refractivity contribution is 5.75. The van der Waals surface area contributed by atoms with Crippen molar-refractivity contribution in [3.8, 4) is 0 Å². The summed E-state index contributed by atoms with van der Waals surface area (Å²) in [6.07, 6.45) is 2.70. The lowest BCUT2D eigenvalue weighted by Crippen LogP contribution is -2.20. The van der Waals surface area contributed by atoms with E-state index in [1.54, 1.807) is 24.3 Å². The Morgan fingerprint density at radius 1 is 1.24 bits per heavy atom. The summed E-state index contributed by atoms with van der Waals surface area (Å²) < 4.78 is 0. The highest BCUT2D eigenvalue weighted by Crippen LogP contribution is 2.14. The number of rotatable bonds is 5. The molecule has 17 heavy (non-hydrogen) atoms. The lowest BCUT2D eigenvalue weighted by atomic mass is 10.1. The number of aliphatic imine (C=N–C) groups is 2. The monoisotopic (exact) mass is 232 g/mol. The van der Waals surface area contributed by atoms with E-state index >= 15 is 0 Å². The van der Waals surface area contributed by atoms with Crippen molar-refractivity contribution in [2.45, 2.75) is 12.5 Å². The highest BCUT2D eigenvalue weighted by Gasteiger charge is 2.16. The third-order valence-corrected chi connectivity index (χ3v) is 2.03. The molecule has 1 aromatic rings. The zero-order chi connectivity index (χ0) is 12.7. The number of nitrogens with zero attached hydrogens (tertiary/aromatic N) is 2. The first kappa shape index (κ1) is 12.5. The van der Waals surface area contributed by atoms with Gasteiger partial charge in [-0.2, -0.15) is 9.98 Å². The van der Waals surface area contributed by atoms with Gasteiger partial charge in [0, 0.05) is 6.42 Å². The van der Waals surface area contributed by atoms with E-state index in [0.29, 0.717) is 11.3 Å². The summed E-state index contributed by atoms with van der Waals surface area (Å²) in [7, 11) is 0. The average Bonchev–Trinajstić information content (AvgIpc) is 2.31. The van der Waals surface area contributed by atoms with Gasteiger partial charge in [-0.25, -0.2) is 14.4 Å². The number of hydrogen-bond acceptors (Lipinski definition) is 5. The SMILES string of the molecule is O=C=Nc1ccc(CC(N=C=O)C(=O)O)cc1. The predicted molar refractivity (Wildman–Crippen MR) is 57.5 cm³/mol. The number of carboxylic acid groups (broad SMARTS) is 1. The number of hydrogen-bond donors (Lipinski definition) is 1. The minimum absolute atomic E-state index is 0.0790. The zero-order valence-corrected chi connectivity index (χ0v) is 8.66. The summed E-state index contributed by atoms with van der Waals surface area (Å²) in [6.45, 7) is 0. The second-order valence-electron chi connectivity index (χ2n) is 3.15. The van der Waals surface area contributed by atoms with Crippen LogP contribution in [0.25, 0.3) is 0 Å². The molecule has 6 nitrogen and oxygen atoms in total. The van der Waals surface area contributed by atoms with Crippen LogP contribution in [0.4, 0.5) is 5.69 Å². The van der Waals surface area contributed by atoms with Gasteiger partial charge in [-0.1, -0.05) is 12.1 Å². The normalized spacial score (nSPS) is 10.8. The summed E-state index contributed by atoms with van der Waals surface area (Å²) in [5.41, 5.74) is 1.09. The molecule has 0 heterocycles. The zero-order valence-electron chi connectivity index (χ0n) is 8.66. The number of carboxylic acids is 1. The van der Waals surface area contributed by atoms with E-state index in [-0.39, 0.29) is 6.42 Å². The molecule has 1 unspecified atom stereocenters. The molecule has 1 N–H and O–H groups in total. The summed E-state index contributed by atoms with van der Waals surface area (Å²) in [5.74, 6) is -1.19. The maximum absolute atomic E-state index is 10.7. The van der Waals surface area contributed by atoms with Crippen LogP contribution in [0.1, 0.15) is 5.56 Å². The molecule has 0 radical (unpaired) electrons. The first-order valence-corrected chi connectivity index (χ1v) is 4.64. The number of carbonyl (C=O) groups is 1. The molecule has 0 fully saturated rings. The fourth-order valence-corrected chi connectivity index (χ4v) is 1.23. The first-order chi connectivity index (χ1) is 8.17. The van der Waals surface area contributed by atoms with Crippen LogP contribution in [0.2, 0.25) is 0 Å². The maximum Gasteiger partial charge on any atom is 0.329 e. The van der Waals surface area contributed by atoms with E-state index in [1.807, 2.05) is 0 Å². The fourth-order valence-electron chi connectivity index (χ4n) is 1.23. The molecule has 0 aromatic heterocycles. The molecule has 0 bridgehead atoms. The van der Waals surface area contributed by atoms with Gasteiger partial charge in [0.25, 0.3) is 0 Å². The van der Waals surface area contributed by atoms with E-state index in [4.69, 9.17) is 5.11 Å². The van der Waals surface area contributed by atoms with Crippen molar-refractivity contribution in [3.63, 3.8) is 0 Å². The van der Waals surface area contributed by atoms with Gasteiger partial charge in [0.15, 0.2) is 6.04 Å². The van der Waals surface area contributed by atoms with Gasteiger partial charge in [0.1, 0.15) is 0 Å². The van der Waals surface area contributed by atoms with E-state index in [2.05, 4.69) is 9.98 Å². The number of carbonyl (C=O) groups excluding carboxylic acids is 2.